The topological polar surface area (TPSA) is 50.7 Å². The van der Waals surface area contributed by atoms with Crippen LogP contribution in [0.5, 0.6) is 0 Å². The predicted molar refractivity (Wildman–Crippen MR) is 50.8 cm³/mol. The predicted octanol–water partition coefficient (Wildman–Crippen LogP) is 0.720. The SMILES string of the molecule is CCNC(=O)C1CCOC(CC)=N1. The minimum absolute atomic E-state index is 0.0109. The Morgan fingerprint density at radius 3 is 3.08 bits per heavy atom. The highest BCUT2D eigenvalue weighted by atomic mass is 16.5. The molecule has 0 fully saturated rings. The number of likely N-dealkylation sites (N-methyl/N-ethyl adjacent to an activating group) is 1. The maximum atomic E-state index is 11.4. The van der Waals surface area contributed by atoms with Gasteiger partial charge in [0.15, 0.2) is 5.90 Å². The Balaban J connectivity index is 2.54. The van der Waals surface area contributed by atoms with Gasteiger partial charge >= 0.3 is 0 Å². The number of carbonyl (C=O) groups is 1. The third kappa shape index (κ3) is 2.72. The average Bonchev–Trinajstić information content (AvgIpc) is 2.18. The van der Waals surface area contributed by atoms with E-state index in [1.165, 1.54) is 0 Å². The molecule has 1 heterocycles. The summed E-state index contributed by atoms with van der Waals surface area (Å²) in [5, 5.41) is 2.76. The van der Waals surface area contributed by atoms with Crippen LogP contribution in [0.1, 0.15) is 26.7 Å². The van der Waals surface area contributed by atoms with Crippen LogP contribution in [0, 0.1) is 0 Å². The first kappa shape index (κ1) is 10.0. The molecule has 4 heteroatoms. The van der Waals surface area contributed by atoms with Crippen LogP contribution < -0.4 is 5.32 Å². The van der Waals surface area contributed by atoms with Crippen molar-refractivity contribution in [3.05, 3.63) is 0 Å². The molecule has 0 radical (unpaired) electrons. The Labute approximate surface area is 78.4 Å². The van der Waals surface area contributed by atoms with E-state index in [-0.39, 0.29) is 11.9 Å². The summed E-state index contributed by atoms with van der Waals surface area (Å²) in [6.07, 6.45) is 1.45. The zero-order valence-electron chi connectivity index (χ0n) is 8.17. The van der Waals surface area contributed by atoms with Crippen LogP contribution >= 0.6 is 0 Å². The summed E-state index contributed by atoms with van der Waals surface area (Å²) in [7, 11) is 0. The molecule has 1 aliphatic heterocycles. The fourth-order valence-electron chi connectivity index (χ4n) is 1.24. The molecule has 0 aliphatic carbocycles. The largest absolute Gasteiger partial charge is 0.481 e. The Morgan fingerprint density at radius 2 is 2.46 bits per heavy atom. The molecule has 1 unspecified atom stereocenters. The first-order valence-corrected chi connectivity index (χ1v) is 4.75. The van der Waals surface area contributed by atoms with Crippen LogP contribution in [0.15, 0.2) is 4.99 Å². The zero-order chi connectivity index (χ0) is 9.68. The Bertz CT molecular complexity index is 214. The van der Waals surface area contributed by atoms with Gasteiger partial charge in [-0.25, -0.2) is 4.99 Å². The average molecular weight is 184 g/mol. The minimum Gasteiger partial charge on any atom is -0.481 e. The summed E-state index contributed by atoms with van der Waals surface area (Å²) in [6.45, 7) is 5.14. The molecule has 1 N–H and O–H groups in total. The maximum absolute atomic E-state index is 11.4. The molecule has 0 aromatic carbocycles. The lowest BCUT2D eigenvalue weighted by Crippen LogP contribution is -2.37. The first-order chi connectivity index (χ1) is 6.27. The van der Waals surface area contributed by atoms with Crippen LogP contribution in [0.25, 0.3) is 0 Å². The van der Waals surface area contributed by atoms with Crippen molar-refractivity contribution in [2.75, 3.05) is 13.2 Å². The monoisotopic (exact) mass is 184 g/mol. The molecule has 1 rings (SSSR count). The van der Waals surface area contributed by atoms with Gasteiger partial charge in [-0.05, 0) is 6.92 Å². The lowest BCUT2D eigenvalue weighted by Gasteiger charge is -2.19. The van der Waals surface area contributed by atoms with E-state index in [4.69, 9.17) is 4.74 Å². The van der Waals surface area contributed by atoms with Gasteiger partial charge < -0.3 is 10.1 Å². The smallest absolute Gasteiger partial charge is 0.245 e. The third-order valence-corrected chi connectivity index (χ3v) is 1.92. The molecule has 4 nitrogen and oxygen atoms in total. The van der Waals surface area contributed by atoms with Crippen molar-refractivity contribution in [2.45, 2.75) is 32.7 Å². The number of carbonyl (C=O) groups excluding carboxylic acids is 1. The van der Waals surface area contributed by atoms with E-state index < -0.39 is 0 Å². The second-order valence-electron chi connectivity index (χ2n) is 2.92. The number of rotatable bonds is 3. The number of ether oxygens (including phenoxy) is 1. The quantitative estimate of drug-likeness (QED) is 0.702. The number of nitrogens with zero attached hydrogens (tertiary/aromatic N) is 1. The molecule has 0 saturated carbocycles. The zero-order valence-corrected chi connectivity index (χ0v) is 8.17. The van der Waals surface area contributed by atoms with Crippen LogP contribution in [-0.2, 0) is 9.53 Å². The lowest BCUT2D eigenvalue weighted by molar-refractivity contribution is -0.122. The first-order valence-electron chi connectivity index (χ1n) is 4.75. The number of nitrogens with one attached hydrogen (secondary N) is 1. The van der Waals surface area contributed by atoms with Crippen molar-refractivity contribution in [3.63, 3.8) is 0 Å². The highest BCUT2D eigenvalue weighted by molar-refractivity contribution is 5.86. The van der Waals surface area contributed by atoms with Gasteiger partial charge in [-0.3, -0.25) is 4.79 Å². The van der Waals surface area contributed by atoms with Gasteiger partial charge in [-0.2, -0.15) is 0 Å². The highest BCUT2D eigenvalue weighted by Gasteiger charge is 2.21. The molecule has 0 bridgehead atoms. The summed E-state index contributed by atoms with van der Waals surface area (Å²) in [5.74, 6) is 0.708. The van der Waals surface area contributed by atoms with Gasteiger partial charge in [0, 0.05) is 19.4 Å². The van der Waals surface area contributed by atoms with E-state index >= 15 is 0 Å². The molecule has 0 spiro atoms. The number of hydrogen-bond donors (Lipinski definition) is 1. The van der Waals surface area contributed by atoms with Crippen LogP contribution in [-0.4, -0.2) is 31.0 Å². The molecule has 74 valence electrons. The fourth-order valence-corrected chi connectivity index (χ4v) is 1.24. The summed E-state index contributed by atoms with van der Waals surface area (Å²) in [5.41, 5.74) is 0. The number of aliphatic imine (C=N–C) groups is 1. The number of amides is 1. The molecular weight excluding hydrogens is 168 g/mol. The molecule has 0 saturated heterocycles. The maximum Gasteiger partial charge on any atom is 0.245 e. The van der Waals surface area contributed by atoms with Gasteiger partial charge in [-0.1, -0.05) is 6.92 Å². The summed E-state index contributed by atoms with van der Waals surface area (Å²) < 4.78 is 5.26. The van der Waals surface area contributed by atoms with Crippen LogP contribution in [0.2, 0.25) is 0 Å². The van der Waals surface area contributed by atoms with E-state index in [9.17, 15) is 4.79 Å². The second-order valence-corrected chi connectivity index (χ2v) is 2.92. The third-order valence-electron chi connectivity index (χ3n) is 1.92. The summed E-state index contributed by atoms with van der Waals surface area (Å²) >= 11 is 0. The van der Waals surface area contributed by atoms with Crippen LogP contribution in [0.4, 0.5) is 0 Å². The van der Waals surface area contributed by atoms with E-state index in [1.54, 1.807) is 0 Å². The van der Waals surface area contributed by atoms with Crippen molar-refractivity contribution >= 4 is 11.8 Å². The summed E-state index contributed by atoms with van der Waals surface area (Å²) in [4.78, 5) is 15.6. The molecule has 1 aliphatic rings. The van der Waals surface area contributed by atoms with Crippen molar-refractivity contribution < 1.29 is 9.53 Å². The molecular formula is C9H16N2O2. The molecule has 13 heavy (non-hydrogen) atoms. The summed E-state index contributed by atoms with van der Waals surface area (Å²) in [6, 6.07) is -0.233. The van der Waals surface area contributed by atoms with Crippen molar-refractivity contribution in [3.8, 4) is 0 Å². The minimum atomic E-state index is -0.233. The van der Waals surface area contributed by atoms with Crippen molar-refractivity contribution in [2.24, 2.45) is 4.99 Å². The van der Waals surface area contributed by atoms with E-state index in [1.807, 2.05) is 13.8 Å². The second kappa shape index (κ2) is 4.84. The van der Waals surface area contributed by atoms with Gasteiger partial charge in [0.1, 0.15) is 6.04 Å². The standard InChI is InChI=1S/C9H16N2O2/c1-3-8-11-7(5-6-13-8)9(12)10-4-2/h7H,3-6H2,1-2H3,(H,10,12). The van der Waals surface area contributed by atoms with Gasteiger partial charge in [0.2, 0.25) is 5.91 Å². The molecule has 1 amide bonds. The molecule has 0 aromatic heterocycles. The van der Waals surface area contributed by atoms with Crippen molar-refractivity contribution in [1.82, 2.24) is 5.32 Å². The Hall–Kier alpha value is -1.06. The van der Waals surface area contributed by atoms with E-state index in [2.05, 4.69) is 10.3 Å². The fraction of sp³-hybridized carbons (Fsp3) is 0.778. The van der Waals surface area contributed by atoms with Crippen LogP contribution in [0.3, 0.4) is 0 Å². The Morgan fingerprint density at radius 1 is 1.69 bits per heavy atom. The van der Waals surface area contributed by atoms with E-state index in [0.717, 1.165) is 6.42 Å². The number of hydrogen-bond acceptors (Lipinski definition) is 3. The van der Waals surface area contributed by atoms with Gasteiger partial charge in [0.25, 0.3) is 0 Å². The Kier molecular flexibility index (Phi) is 3.73. The highest BCUT2D eigenvalue weighted by Crippen LogP contribution is 2.08. The molecule has 1 atom stereocenters. The molecule has 0 aromatic rings. The normalized spacial score (nSPS) is 21.7. The van der Waals surface area contributed by atoms with Crippen molar-refractivity contribution in [1.29, 1.82) is 0 Å². The lowest BCUT2D eigenvalue weighted by atomic mass is 10.2. The van der Waals surface area contributed by atoms with Gasteiger partial charge in [-0.15, -0.1) is 0 Å². The van der Waals surface area contributed by atoms with E-state index in [0.29, 0.717) is 25.5 Å². The van der Waals surface area contributed by atoms with Gasteiger partial charge in [0.05, 0.1) is 6.61 Å².